The summed E-state index contributed by atoms with van der Waals surface area (Å²) in [7, 11) is 0. The molecule has 0 aliphatic heterocycles. The number of nitrogens with zero attached hydrogens (tertiary/aromatic N) is 1. The van der Waals surface area contributed by atoms with E-state index in [1.807, 2.05) is 0 Å². The summed E-state index contributed by atoms with van der Waals surface area (Å²) in [5, 5.41) is 7.58. The van der Waals surface area contributed by atoms with Crippen LogP contribution in [0.5, 0.6) is 0 Å². The number of rotatable bonds is 3. The lowest BCUT2D eigenvalue weighted by Crippen LogP contribution is -2.03. The summed E-state index contributed by atoms with van der Waals surface area (Å²) in [5.41, 5.74) is 1.42. The molecule has 1 N–H and O–H groups in total. The van der Waals surface area contributed by atoms with E-state index in [9.17, 15) is 4.79 Å². The number of benzene rings is 1. The fraction of sp³-hybridized carbons (Fsp3) is 0.0909. The molecule has 0 aliphatic rings. The van der Waals surface area contributed by atoms with Crippen LogP contribution in [0.25, 0.3) is 0 Å². The smallest absolute Gasteiger partial charge is 0.133 e. The minimum absolute atomic E-state index is 0.438. The molecule has 1 aromatic heterocycles. The molecular weight excluding hydrogens is 247 g/mol. The largest absolute Gasteiger partial charge is 0.302 e. The Morgan fingerprint density at radius 3 is 2.69 bits per heavy atom. The molecule has 1 heterocycles. The fourth-order valence-corrected chi connectivity index (χ4v) is 2.03. The van der Waals surface area contributed by atoms with Crippen molar-refractivity contribution in [1.29, 1.82) is 0 Å². The number of hydrogen-bond acceptors (Lipinski definition) is 2. The van der Waals surface area contributed by atoms with Crippen molar-refractivity contribution in [2.24, 2.45) is 0 Å². The SMILES string of the molecule is O=CC(c1ccn[nH]1)c1ccc(Cl)cc1Cl. The van der Waals surface area contributed by atoms with E-state index >= 15 is 0 Å². The lowest BCUT2D eigenvalue weighted by atomic mass is 9.97. The molecule has 16 heavy (non-hydrogen) atoms. The maximum absolute atomic E-state index is 11.1. The summed E-state index contributed by atoms with van der Waals surface area (Å²) in [4.78, 5) is 11.1. The standard InChI is InChI=1S/C11H8Cl2N2O/c12-7-1-2-8(10(13)5-7)9(6-16)11-3-4-14-15-11/h1-6,9H,(H,14,15). The quantitative estimate of drug-likeness (QED) is 0.856. The van der Waals surface area contributed by atoms with Crippen LogP contribution < -0.4 is 0 Å². The number of nitrogens with one attached hydrogen (secondary N) is 1. The Morgan fingerprint density at radius 2 is 2.12 bits per heavy atom. The summed E-state index contributed by atoms with van der Waals surface area (Å²) in [6.07, 6.45) is 2.41. The number of aldehydes is 1. The number of carbonyl (C=O) groups excluding carboxylic acids is 1. The normalized spacial score (nSPS) is 12.4. The molecule has 1 aromatic carbocycles. The Kier molecular flexibility index (Phi) is 3.27. The molecular formula is C11H8Cl2N2O. The second-order valence-electron chi connectivity index (χ2n) is 3.29. The van der Waals surface area contributed by atoms with Gasteiger partial charge in [-0.15, -0.1) is 0 Å². The van der Waals surface area contributed by atoms with Crippen LogP contribution in [0.4, 0.5) is 0 Å². The zero-order valence-corrected chi connectivity index (χ0v) is 9.66. The van der Waals surface area contributed by atoms with Crippen LogP contribution in [0, 0.1) is 0 Å². The van der Waals surface area contributed by atoms with Crippen molar-refractivity contribution in [2.75, 3.05) is 0 Å². The minimum atomic E-state index is -0.438. The predicted octanol–water partition coefficient (Wildman–Crippen LogP) is 3.05. The first-order chi connectivity index (χ1) is 7.72. The highest BCUT2D eigenvalue weighted by Crippen LogP contribution is 2.29. The summed E-state index contributed by atoms with van der Waals surface area (Å²) < 4.78 is 0. The van der Waals surface area contributed by atoms with Crippen molar-refractivity contribution < 1.29 is 4.79 Å². The summed E-state index contributed by atoms with van der Waals surface area (Å²) >= 11 is 11.8. The first-order valence-electron chi connectivity index (χ1n) is 4.62. The first-order valence-corrected chi connectivity index (χ1v) is 5.37. The second-order valence-corrected chi connectivity index (χ2v) is 4.14. The van der Waals surface area contributed by atoms with E-state index in [-0.39, 0.29) is 0 Å². The molecule has 0 saturated carbocycles. The molecule has 0 spiro atoms. The molecule has 0 aliphatic carbocycles. The third-order valence-corrected chi connectivity index (χ3v) is 2.85. The molecule has 0 bridgehead atoms. The Labute approximate surface area is 102 Å². The highest BCUT2D eigenvalue weighted by atomic mass is 35.5. The third-order valence-electron chi connectivity index (χ3n) is 2.29. The number of carbonyl (C=O) groups is 1. The highest BCUT2D eigenvalue weighted by Gasteiger charge is 2.17. The van der Waals surface area contributed by atoms with Gasteiger partial charge in [0.2, 0.25) is 0 Å². The molecule has 0 radical (unpaired) electrons. The van der Waals surface area contributed by atoms with Gasteiger partial charge in [0.25, 0.3) is 0 Å². The number of aromatic amines is 1. The van der Waals surface area contributed by atoms with Crippen LogP contribution in [0.15, 0.2) is 30.5 Å². The van der Waals surface area contributed by atoms with Gasteiger partial charge >= 0.3 is 0 Å². The van der Waals surface area contributed by atoms with Gasteiger partial charge < -0.3 is 4.79 Å². The summed E-state index contributed by atoms with van der Waals surface area (Å²) in [6, 6.07) is 6.80. The lowest BCUT2D eigenvalue weighted by molar-refractivity contribution is -0.108. The number of H-pyrrole nitrogens is 1. The van der Waals surface area contributed by atoms with E-state index in [1.54, 1.807) is 30.5 Å². The fourth-order valence-electron chi connectivity index (χ4n) is 1.51. The Morgan fingerprint density at radius 1 is 1.31 bits per heavy atom. The van der Waals surface area contributed by atoms with Crippen LogP contribution in [0.1, 0.15) is 17.2 Å². The zero-order valence-electron chi connectivity index (χ0n) is 8.15. The van der Waals surface area contributed by atoms with Gasteiger partial charge in [0, 0.05) is 21.9 Å². The van der Waals surface area contributed by atoms with Crippen molar-refractivity contribution in [1.82, 2.24) is 10.2 Å². The summed E-state index contributed by atoms with van der Waals surface area (Å²) in [6.45, 7) is 0. The average molecular weight is 255 g/mol. The van der Waals surface area contributed by atoms with E-state index < -0.39 is 5.92 Å². The Hall–Kier alpha value is -1.32. The average Bonchev–Trinajstić information content (AvgIpc) is 2.75. The van der Waals surface area contributed by atoms with Crippen molar-refractivity contribution in [2.45, 2.75) is 5.92 Å². The van der Waals surface area contributed by atoms with Gasteiger partial charge in [-0.05, 0) is 23.8 Å². The van der Waals surface area contributed by atoms with Crippen LogP contribution >= 0.6 is 23.2 Å². The van der Waals surface area contributed by atoms with Gasteiger partial charge in [-0.3, -0.25) is 5.10 Å². The molecule has 0 saturated heterocycles. The van der Waals surface area contributed by atoms with Gasteiger partial charge in [0.1, 0.15) is 6.29 Å². The van der Waals surface area contributed by atoms with Crippen LogP contribution in [-0.2, 0) is 4.79 Å². The molecule has 3 nitrogen and oxygen atoms in total. The monoisotopic (exact) mass is 254 g/mol. The van der Waals surface area contributed by atoms with E-state index in [4.69, 9.17) is 23.2 Å². The maximum Gasteiger partial charge on any atom is 0.133 e. The zero-order chi connectivity index (χ0) is 11.5. The number of aromatic nitrogens is 2. The topological polar surface area (TPSA) is 45.8 Å². The summed E-state index contributed by atoms with van der Waals surface area (Å²) in [5.74, 6) is -0.438. The highest BCUT2D eigenvalue weighted by molar-refractivity contribution is 6.35. The Balaban J connectivity index is 2.45. The van der Waals surface area contributed by atoms with E-state index in [2.05, 4.69) is 10.2 Å². The third kappa shape index (κ3) is 2.10. The van der Waals surface area contributed by atoms with Crippen LogP contribution in [0.2, 0.25) is 10.0 Å². The van der Waals surface area contributed by atoms with Crippen molar-refractivity contribution in [3.05, 3.63) is 51.8 Å². The molecule has 0 amide bonds. The number of hydrogen-bond donors (Lipinski definition) is 1. The lowest BCUT2D eigenvalue weighted by Gasteiger charge is -2.10. The molecule has 2 aromatic rings. The molecule has 5 heteroatoms. The maximum atomic E-state index is 11.1. The predicted molar refractivity (Wildman–Crippen MR) is 63.0 cm³/mol. The van der Waals surface area contributed by atoms with E-state index in [1.165, 1.54) is 0 Å². The second kappa shape index (κ2) is 4.68. The number of halogens is 2. The van der Waals surface area contributed by atoms with Crippen LogP contribution in [0.3, 0.4) is 0 Å². The van der Waals surface area contributed by atoms with E-state index in [0.29, 0.717) is 21.3 Å². The first kappa shape index (κ1) is 11.2. The van der Waals surface area contributed by atoms with Gasteiger partial charge in [-0.25, -0.2) is 0 Å². The molecule has 1 unspecified atom stereocenters. The molecule has 0 fully saturated rings. The van der Waals surface area contributed by atoms with Gasteiger partial charge in [-0.2, -0.15) is 5.10 Å². The van der Waals surface area contributed by atoms with Crippen molar-refractivity contribution in [3.8, 4) is 0 Å². The molecule has 82 valence electrons. The Bertz CT molecular complexity index is 497. The molecule has 2 rings (SSSR count). The van der Waals surface area contributed by atoms with Gasteiger partial charge in [-0.1, -0.05) is 29.3 Å². The van der Waals surface area contributed by atoms with Gasteiger partial charge in [0.15, 0.2) is 0 Å². The van der Waals surface area contributed by atoms with E-state index in [0.717, 1.165) is 6.29 Å². The molecule has 1 atom stereocenters. The van der Waals surface area contributed by atoms with Crippen LogP contribution in [-0.4, -0.2) is 16.5 Å². The van der Waals surface area contributed by atoms with Crippen molar-refractivity contribution in [3.63, 3.8) is 0 Å². The van der Waals surface area contributed by atoms with Gasteiger partial charge in [0.05, 0.1) is 5.92 Å². The van der Waals surface area contributed by atoms with Crippen molar-refractivity contribution >= 4 is 29.5 Å². The minimum Gasteiger partial charge on any atom is -0.302 e.